The van der Waals surface area contributed by atoms with Gasteiger partial charge in [-0.05, 0) is 18.2 Å². The number of aromatic nitrogens is 3. The molecule has 1 amide bonds. The number of carbonyl (C=O) groups excluding carboxylic acids is 1. The average molecular weight is 297 g/mol. The number of nitrogens with zero attached hydrogens (tertiary/aromatic N) is 2. The minimum absolute atomic E-state index is 0.0557. The molecule has 0 saturated carbocycles. The molecular weight excluding hydrogens is 286 g/mol. The van der Waals surface area contributed by atoms with Gasteiger partial charge >= 0.3 is 0 Å². The SMILES string of the molecule is Nc1n[nH]c(C(=O)Nc2cccc(NS(N)(=O)=O)c2)n1. The Kier molecular flexibility index (Phi) is 3.54. The van der Waals surface area contributed by atoms with E-state index in [9.17, 15) is 13.2 Å². The molecule has 7 N–H and O–H groups in total. The Morgan fingerprint density at radius 2 is 2.00 bits per heavy atom. The number of hydrogen-bond donors (Lipinski definition) is 5. The highest BCUT2D eigenvalue weighted by Crippen LogP contribution is 2.16. The van der Waals surface area contributed by atoms with Crippen molar-refractivity contribution < 1.29 is 13.2 Å². The number of benzene rings is 1. The number of H-pyrrole nitrogens is 1. The van der Waals surface area contributed by atoms with Crippen LogP contribution < -0.4 is 20.9 Å². The van der Waals surface area contributed by atoms with Crippen molar-refractivity contribution in [3.05, 3.63) is 30.1 Å². The van der Waals surface area contributed by atoms with E-state index in [0.717, 1.165) is 0 Å². The molecule has 0 saturated heterocycles. The molecule has 1 aromatic carbocycles. The summed E-state index contributed by atoms with van der Waals surface area (Å²) in [4.78, 5) is 15.4. The molecule has 0 spiro atoms. The highest BCUT2D eigenvalue weighted by molar-refractivity contribution is 7.90. The smallest absolute Gasteiger partial charge is 0.296 e. The molecule has 11 heteroatoms. The van der Waals surface area contributed by atoms with Gasteiger partial charge in [-0.1, -0.05) is 6.07 Å². The van der Waals surface area contributed by atoms with Gasteiger partial charge in [0.15, 0.2) is 0 Å². The fraction of sp³-hybridized carbons (Fsp3) is 0. The van der Waals surface area contributed by atoms with Gasteiger partial charge in [0.2, 0.25) is 11.8 Å². The summed E-state index contributed by atoms with van der Waals surface area (Å²) >= 11 is 0. The number of nitrogens with two attached hydrogens (primary N) is 2. The molecule has 20 heavy (non-hydrogen) atoms. The van der Waals surface area contributed by atoms with Gasteiger partial charge in [0.25, 0.3) is 16.1 Å². The molecule has 0 unspecified atom stereocenters. The lowest BCUT2D eigenvalue weighted by Gasteiger charge is -2.07. The topological polar surface area (TPSA) is 169 Å². The molecule has 0 aliphatic carbocycles. The van der Waals surface area contributed by atoms with Gasteiger partial charge in [-0.3, -0.25) is 14.6 Å². The van der Waals surface area contributed by atoms with Gasteiger partial charge in [0.1, 0.15) is 0 Å². The first kappa shape index (κ1) is 13.8. The Morgan fingerprint density at radius 1 is 1.30 bits per heavy atom. The third kappa shape index (κ3) is 3.66. The van der Waals surface area contributed by atoms with E-state index in [4.69, 9.17) is 10.9 Å². The van der Waals surface area contributed by atoms with Crippen LogP contribution in [0.25, 0.3) is 0 Å². The van der Waals surface area contributed by atoms with Crippen molar-refractivity contribution in [1.29, 1.82) is 0 Å². The van der Waals surface area contributed by atoms with E-state index in [1.54, 1.807) is 6.07 Å². The zero-order chi connectivity index (χ0) is 14.8. The summed E-state index contributed by atoms with van der Waals surface area (Å²) in [5.41, 5.74) is 5.84. The molecule has 0 bridgehead atoms. The number of rotatable bonds is 4. The van der Waals surface area contributed by atoms with Crippen LogP contribution in [0.3, 0.4) is 0 Å². The lowest BCUT2D eigenvalue weighted by atomic mass is 10.3. The summed E-state index contributed by atoms with van der Waals surface area (Å²) in [5, 5.41) is 13.2. The fourth-order valence-corrected chi connectivity index (χ4v) is 1.85. The van der Waals surface area contributed by atoms with Crippen LogP contribution in [0, 0.1) is 0 Å². The van der Waals surface area contributed by atoms with E-state index in [2.05, 4.69) is 25.2 Å². The van der Waals surface area contributed by atoms with Crippen molar-refractivity contribution in [3.8, 4) is 0 Å². The van der Waals surface area contributed by atoms with Crippen LogP contribution in [-0.2, 0) is 10.2 Å². The molecule has 10 nitrogen and oxygen atoms in total. The normalized spacial score (nSPS) is 11.1. The Balaban J connectivity index is 2.14. The fourth-order valence-electron chi connectivity index (χ4n) is 1.39. The summed E-state index contributed by atoms with van der Waals surface area (Å²) in [6.07, 6.45) is 0. The van der Waals surface area contributed by atoms with Crippen LogP contribution in [0.1, 0.15) is 10.6 Å². The quantitative estimate of drug-likeness (QED) is 0.497. The molecule has 0 aliphatic heterocycles. The van der Waals surface area contributed by atoms with Gasteiger partial charge in [0.05, 0.1) is 5.69 Å². The van der Waals surface area contributed by atoms with Gasteiger partial charge < -0.3 is 11.1 Å². The molecule has 2 aromatic rings. The first-order chi connectivity index (χ1) is 9.33. The second-order valence-corrected chi connectivity index (χ2v) is 5.02. The molecule has 0 aliphatic rings. The number of nitrogens with one attached hydrogen (secondary N) is 3. The average Bonchev–Trinajstić information content (AvgIpc) is 2.74. The lowest BCUT2D eigenvalue weighted by molar-refractivity contribution is 0.101. The maximum absolute atomic E-state index is 11.8. The third-order valence-corrected chi connectivity index (χ3v) is 2.62. The van der Waals surface area contributed by atoms with Crippen LogP contribution in [-0.4, -0.2) is 29.5 Å². The van der Waals surface area contributed by atoms with E-state index in [1.165, 1.54) is 18.2 Å². The van der Waals surface area contributed by atoms with Crippen LogP contribution in [0.5, 0.6) is 0 Å². The molecule has 106 valence electrons. The van der Waals surface area contributed by atoms with Crippen LogP contribution >= 0.6 is 0 Å². The monoisotopic (exact) mass is 297 g/mol. The van der Waals surface area contributed by atoms with Gasteiger partial charge in [0, 0.05) is 5.69 Å². The molecular formula is C9H11N7O3S. The van der Waals surface area contributed by atoms with Gasteiger partial charge in [-0.25, -0.2) is 5.14 Å². The zero-order valence-electron chi connectivity index (χ0n) is 9.99. The predicted octanol–water partition coefficient (Wildman–Crippen LogP) is -0.745. The Bertz CT molecular complexity index is 740. The van der Waals surface area contributed by atoms with E-state index >= 15 is 0 Å². The number of aromatic amines is 1. The van der Waals surface area contributed by atoms with E-state index in [1.807, 2.05) is 0 Å². The standard InChI is InChI=1S/C9H11N7O3S/c10-9-13-7(14-15-9)8(17)12-5-2-1-3-6(4-5)16-20(11,18)19/h1-4,16H,(H,12,17)(H2,11,18,19)(H3,10,13,14,15). The van der Waals surface area contributed by atoms with Crippen LogP contribution in [0.15, 0.2) is 24.3 Å². The van der Waals surface area contributed by atoms with Gasteiger partial charge in [-0.2, -0.15) is 13.4 Å². The van der Waals surface area contributed by atoms with Crippen molar-refractivity contribution in [2.24, 2.45) is 5.14 Å². The van der Waals surface area contributed by atoms with Crippen LogP contribution in [0.2, 0.25) is 0 Å². The molecule has 2 rings (SSSR count). The third-order valence-electron chi connectivity index (χ3n) is 2.10. The number of amides is 1. The van der Waals surface area contributed by atoms with Crippen molar-refractivity contribution in [3.63, 3.8) is 0 Å². The molecule has 0 atom stereocenters. The summed E-state index contributed by atoms with van der Waals surface area (Å²) in [6.45, 7) is 0. The van der Waals surface area contributed by atoms with Gasteiger partial charge in [-0.15, -0.1) is 5.10 Å². The second kappa shape index (κ2) is 5.14. The summed E-state index contributed by atoms with van der Waals surface area (Å²) in [6, 6.07) is 5.97. The highest BCUT2D eigenvalue weighted by Gasteiger charge is 2.11. The predicted molar refractivity (Wildman–Crippen MR) is 71.9 cm³/mol. The summed E-state index contributed by atoms with van der Waals surface area (Å²) in [7, 11) is -3.88. The maximum atomic E-state index is 11.8. The Hall–Kier alpha value is -2.66. The van der Waals surface area contributed by atoms with E-state index in [0.29, 0.717) is 5.69 Å². The minimum atomic E-state index is -3.88. The number of carbonyl (C=O) groups is 1. The molecule has 1 heterocycles. The largest absolute Gasteiger partial charge is 0.366 e. The van der Waals surface area contributed by atoms with E-state index < -0.39 is 16.1 Å². The van der Waals surface area contributed by atoms with Crippen molar-refractivity contribution in [2.45, 2.75) is 0 Å². The molecule has 1 aromatic heterocycles. The molecule has 0 radical (unpaired) electrons. The van der Waals surface area contributed by atoms with Crippen molar-refractivity contribution in [2.75, 3.05) is 15.8 Å². The number of nitrogen functional groups attached to an aromatic ring is 1. The lowest BCUT2D eigenvalue weighted by Crippen LogP contribution is -2.21. The van der Waals surface area contributed by atoms with Crippen molar-refractivity contribution in [1.82, 2.24) is 15.2 Å². The zero-order valence-corrected chi connectivity index (χ0v) is 10.8. The summed E-state index contributed by atoms with van der Waals surface area (Å²) in [5.74, 6) is -0.686. The van der Waals surface area contributed by atoms with Crippen molar-refractivity contribution >= 4 is 33.4 Å². The molecule has 0 fully saturated rings. The second-order valence-electron chi connectivity index (χ2n) is 3.72. The van der Waals surface area contributed by atoms with Crippen LogP contribution in [0.4, 0.5) is 17.3 Å². The minimum Gasteiger partial charge on any atom is -0.366 e. The number of anilines is 3. The Labute approximate surface area is 113 Å². The Morgan fingerprint density at radius 3 is 2.60 bits per heavy atom. The first-order valence-corrected chi connectivity index (χ1v) is 6.78. The highest BCUT2D eigenvalue weighted by atomic mass is 32.2. The summed E-state index contributed by atoms with van der Waals surface area (Å²) < 4.78 is 23.9. The van der Waals surface area contributed by atoms with E-state index in [-0.39, 0.29) is 17.5 Å². The first-order valence-electron chi connectivity index (χ1n) is 5.23. The number of hydrogen-bond acceptors (Lipinski definition) is 6. The maximum Gasteiger partial charge on any atom is 0.296 e.